The van der Waals surface area contributed by atoms with Crippen molar-refractivity contribution in [1.82, 2.24) is 9.88 Å². The van der Waals surface area contributed by atoms with Crippen LogP contribution in [0.5, 0.6) is 0 Å². The Kier molecular flexibility index (Phi) is 5.69. The number of carbonyl (C=O) groups is 2. The number of pyridine rings is 1. The average molecular weight is 356 g/mol. The molecule has 7 heteroatoms. The van der Waals surface area contributed by atoms with Crippen molar-refractivity contribution < 1.29 is 14.3 Å². The summed E-state index contributed by atoms with van der Waals surface area (Å²) in [6.45, 7) is 1.63. The van der Waals surface area contributed by atoms with Gasteiger partial charge in [0.1, 0.15) is 5.82 Å². The van der Waals surface area contributed by atoms with Crippen molar-refractivity contribution in [3.05, 3.63) is 22.8 Å². The van der Waals surface area contributed by atoms with Crippen molar-refractivity contribution in [2.75, 3.05) is 32.1 Å². The number of hydrogen-bond donors (Lipinski definition) is 1. The lowest BCUT2D eigenvalue weighted by Crippen LogP contribution is -2.42. The first-order chi connectivity index (χ1) is 10.1. The molecule has 6 nitrogen and oxygen atoms in total. The highest BCUT2D eigenvalue weighted by Crippen LogP contribution is 2.17. The molecule has 0 saturated carbocycles. The number of rotatable bonds is 4. The highest BCUT2D eigenvalue weighted by atomic mass is 79.9. The van der Waals surface area contributed by atoms with Gasteiger partial charge in [-0.2, -0.15) is 0 Å². The molecule has 0 radical (unpaired) electrons. The zero-order chi connectivity index (χ0) is 15.2. The van der Waals surface area contributed by atoms with E-state index in [1.807, 2.05) is 11.0 Å². The highest BCUT2D eigenvalue weighted by Gasteiger charge is 2.27. The minimum absolute atomic E-state index is 0.129. The van der Waals surface area contributed by atoms with Gasteiger partial charge in [0.25, 0.3) is 0 Å². The molecule has 1 saturated heterocycles. The van der Waals surface area contributed by atoms with Gasteiger partial charge in [0, 0.05) is 17.2 Å². The third-order valence-electron chi connectivity index (χ3n) is 3.40. The van der Waals surface area contributed by atoms with Crippen LogP contribution in [0, 0.1) is 5.92 Å². The molecule has 2 rings (SSSR count). The van der Waals surface area contributed by atoms with Gasteiger partial charge in [-0.3, -0.25) is 14.5 Å². The lowest BCUT2D eigenvalue weighted by Gasteiger charge is -2.30. The first-order valence-electron chi connectivity index (χ1n) is 6.80. The van der Waals surface area contributed by atoms with Crippen LogP contribution in [0.4, 0.5) is 5.82 Å². The predicted molar refractivity (Wildman–Crippen MR) is 81.7 cm³/mol. The summed E-state index contributed by atoms with van der Waals surface area (Å²) in [6.07, 6.45) is 3.34. The van der Waals surface area contributed by atoms with E-state index < -0.39 is 0 Å². The van der Waals surface area contributed by atoms with Crippen molar-refractivity contribution >= 4 is 33.6 Å². The van der Waals surface area contributed by atoms with Gasteiger partial charge in [0.15, 0.2) is 0 Å². The molecule has 1 aliphatic heterocycles. The van der Waals surface area contributed by atoms with Gasteiger partial charge < -0.3 is 10.1 Å². The van der Waals surface area contributed by atoms with Gasteiger partial charge in [-0.15, -0.1) is 0 Å². The van der Waals surface area contributed by atoms with Gasteiger partial charge >= 0.3 is 5.97 Å². The fourth-order valence-electron chi connectivity index (χ4n) is 2.39. The number of anilines is 1. The van der Waals surface area contributed by atoms with Crippen molar-refractivity contribution in [3.8, 4) is 0 Å². The average Bonchev–Trinajstić information content (AvgIpc) is 2.49. The van der Waals surface area contributed by atoms with Crippen LogP contribution in [-0.2, 0) is 14.3 Å². The van der Waals surface area contributed by atoms with Crippen molar-refractivity contribution in [3.63, 3.8) is 0 Å². The highest BCUT2D eigenvalue weighted by molar-refractivity contribution is 9.10. The molecule has 1 amide bonds. The molecule has 1 N–H and O–H groups in total. The van der Waals surface area contributed by atoms with E-state index in [9.17, 15) is 9.59 Å². The topological polar surface area (TPSA) is 71.5 Å². The Morgan fingerprint density at radius 3 is 3.00 bits per heavy atom. The van der Waals surface area contributed by atoms with Gasteiger partial charge in [-0.25, -0.2) is 4.98 Å². The van der Waals surface area contributed by atoms with Gasteiger partial charge in [0.05, 0.1) is 19.6 Å². The molecule has 21 heavy (non-hydrogen) atoms. The SMILES string of the molecule is COC(=O)C1CCCN(CC(=O)Nc2ccc(Br)cn2)C1. The summed E-state index contributed by atoms with van der Waals surface area (Å²) in [5.41, 5.74) is 0. The molecule has 1 fully saturated rings. The number of carbonyl (C=O) groups excluding carboxylic acids is 2. The fourth-order valence-corrected chi connectivity index (χ4v) is 2.63. The molecule has 1 aromatic heterocycles. The van der Waals surface area contributed by atoms with Crippen LogP contribution in [0.3, 0.4) is 0 Å². The maximum absolute atomic E-state index is 12.0. The number of hydrogen-bond acceptors (Lipinski definition) is 5. The maximum atomic E-state index is 12.0. The van der Waals surface area contributed by atoms with E-state index in [0.29, 0.717) is 12.4 Å². The zero-order valence-electron chi connectivity index (χ0n) is 11.8. The van der Waals surface area contributed by atoms with E-state index in [1.165, 1.54) is 7.11 Å². The van der Waals surface area contributed by atoms with Gasteiger partial charge in [-0.05, 0) is 47.4 Å². The van der Waals surface area contributed by atoms with E-state index in [0.717, 1.165) is 23.9 Å². The Bertz CT molecular complexity index is 507. The Labute approximate surface area is 132 Å². The van der Waals surface area contributed by atoms with Crippen LogP contribution >= 0.6 is 15.9 Å². The quantitative estimate of drug-likeness (QED) is 0.831. The summed E-state index contributed by atoms with van der Waals surface area (Å²) in [6, 6.07) is 3.55. The Morgan fingerprint density at radius 1 is 1.52 bits per heavy atom. The number of piperidine rings is 1. The molecule has 1 aliphatic rings. The second-order valence-corrected chi connectivity index (χ2v) is 5.92. The number of nitrogens with one attached hydrogen (secondary N) is 1. The first kappa shape index (κ1) is 15.9. The number of nitrogens with zero attached hydrogens (tertiary/aromatic N) is 2. The van der Waals surface area contributed by atoms with Crippen LogP contribution in [0.15, 0.2) is 22.8 Å². The van der Waals surface area contributed by atoms with Gasteiger partial charge in [-0.1, -0.05) is 0 Å². The number of likely N-dealkylation sites (tertiary alicyclic amines) is 1. The predicted octanol–water partition coefficient (Wildman–Crippen LogP) is 1.67. The number of amides is 1. The molecule has 0 spiro atoms. The smallest absolute Gasteiger partial charge is 0.309 e. The molecule has 1 aromatic rings. The summed E-state index contributed by atoms with van der Waals surface area (Å²) in [5.74, 6) is 0.0529. The van der Waals surface area contributed by atoms with Crippen LogP contribution < -0.4 is 5.32 Å². The molecular weight excluding hydrogens is 338 g/mol. The van der Waals surface area contributed by atoms with Crippen LogP contribution in [-0.4, -0.2) is 48.5 Å². The summed E-state index contributed by atoms with van der Waals surface area (Å²) >= 11 is 3.29. The minimum atomic E-state index is -0.199. The third-order valence-corrected chi connectivity index (χ3v) is 3.87. The standard InChI is InChI=1S/C14H18BrN3O3/c1-21-14(20)10-3-2-6-18(8-10)9-13(19)17-12-5-4-11(15)7-16-12/h4-5,7,10H,2-3,6,8-9H2,1H3,(H,16,17,19). The van der Waals surface area contributed by atoms with E-state index in [1.54, 1.807) is 12.3 Å². The minimum Gasteiger partial charge on any atom is -0.469 e. The largest absolute Gasteiger partial charge is 0.469 e. The molecule has 114 valence electrons. The number of aromatic nitrogens is 1. The number of methoxy groups -OCH3 is 1. The third kappa shape index (κ3) is 4.78. The second kappa shape index (κ2) is 7.51. The monoisotopic (exact) mass is 355 g/mol. The summed E-state index contributed by atoms with van der Waals surface area (Å²) in [5, 5.41) is 2.75. The molecule has 0 aromatic carbocycles. The van der Waals surface area contributed by atoms with E-state index >= 15 is 0 Å². The molecular formula is C14H18BrN3O3. The van der Waals surface area contributed by atoms with E-state index in [4.69, 9.17) is 4.74 Å². The zero-order valence-corrected chi connectivity index (χ0v) is 13.4. The summed E-state index contributed by atoms with van der Waals surface area (Å²) in [7, 11) is 1.40. The first-order valence-corrected chi connectivity index (χ1v) is 7.59. The maximum Gasteiger partial charge on any atom is 0.309 e. The van der Waals surface area contributed by atoms with Crippen molar-refractivity contribution in [2.45, 2.75) is 12.8 Å². The second-order valence-electron chi connectivity index (χ2n) is 5.01. The van der Waals surface area contributed by atoms with Crippen molar-refractivity contribution in [1.29, 1.82) is 0 Å². The number of halogens is 1. The molecule has 1 atom stereocenters. The summed E-state index contributed by atoms with van der Waals surface area (Å²) < 4.78 is 5.63. The number of ether oxygens (including phenoxy) is 1. The van der Waals surface area contributed by atoms with Crippen LogP contribution in [0.1, 0.15) is 12.8 Å². The lowest BCUT2D eigenvalue weighted by atomic mass is 9.98. The van der Waals surface area contributed by atoms with Crippen LogP contribution in [0.2, 0.25) is 0 Å². The van der Waals surface area contributed by atoms with Crippen LogP contribution in [0.25, 0.3) is 0 Å². The van der Waals surface area contributed by atoms with E-state index in [-0.39, 0.29) is 24.3 Å². The molecule has 1 unspecified atom stereocenters. The van der Waals surface area contributed by atoms with Gasteiger partial charge in [0.2, 0.25) is 5.91 Å². The molecule has 2 heterocycles. The molecule has 0 aliphatic carbocycles. The Morgan fingerprint density at radius 2 is 2.33 bits per heavy atom. The normalized spacial score (nSPS) is 19.0. The van der Waals surface area contributed by atoms with E-state index in [2.05, 4.69) is 26.2 Å². The summed E-state index contributed by atoms with van der Waals surface area (Å²) in [4.78, 5) is 29.6. The lowest BCUT2D eigenvalue weighted by molar-refractivity contribution is -0.147. The Balaban J connectivity index is 1.84. The van der Waals surface area contributed by atoms with Crippen molar-refractivity contribution in [2.24, 2.45) is 5.92 Å². The molecule has 0 bridgehead atoms. The number of esters is 1. The Hall–Kier alpha value is -1.47. The fraction of sp³-hybridized carbons (Fsp3) is 0.500.